The van der Waals surface area contributed by atoms with Gasteiger partial charge in [-0.15, -0.1) is 0 Å². The third kappa shape index (κ3) is 6.10. The summed E-state index contributed by atoms with van der Waals surface area (Å²) in [5, 5.41) is 3.29. The molecule has 15 heavy (non-hydrogen) atoms. The normalized spacial score (nSPS) is 10.2. The molecule has 0 aromatic heterocycles. The first-order valence-electron chi connectivity index (χ1n) is 5.50. The summed E-state index contributed by atoms with van der Waals surface area (Å²) in [4.78, 5) is 0. The molecular formula is C12H20N2O. The number of anilines is 1. The SMILES string of the molecule is NCCCCOCCNc1ccccc1. The van der Waals surface area contributed by atoms with Crippen molar-refractivity contribution in [1.29, 1.82) is 0 Å². The van der Waals surface area contributed by atoms with Gasteiger partial charge in [0, 0.05) is 18.8 Å². The minimum absolute atomic E-state index is 0.749. The first-order valence-corrected chi connectivity index (χ1v) is 5.50. The average molecular weight is 208 g/mol. The van der Waals surface area contributed by atoms with E-state index in [0.29, 0.717) is 0 Å². The fourth-order valence-electron chi connectivity index (χ4n) is 1.27. The van der Waals surface area contributed by atoms with Gasteiger partial charge in [-0.25, -0.2) is 0 Å². The summed E-state index contributed by atoms with van der Waals surface area (Å²) in [6.07, 6.45) is 2.11. The summed E-state index contributed by atoms with van der Waals surface area (Å²) in [5.74, 6) is 0. The third-order valence-corrected chi connectivity index (χ3v) is 2.09. The zero-order chi connectivity index (χ0) is 10.8. The maximum atomic E-state index is 5.44. The number of benzene rings is 1. The van der Waals surface area contributed by atoms with Crippen LogP contribution in [0, 0.1) is 0 Å². The highest BCUT2D eigenvalue weighted by Gasteiger charge is 1.90. The Morgan fingerprint density at radius 2 is 1.87 bits per heavy atom. The topological polar surface area (TPSA) is 47.3 Å². The van der Waals surface area contributed by atoms with E-state index in [0.717, 1.165) is 44.8 Å². The molecule has 84 valence electrons. The van der Waals surface area contributed by atoms with Crippen LogP contribution in [0.25, 0.3) is 0 Å². The van der Waals surface area contributed by atoms with Crippen LogP contribution in [-0.4, -0.2) is 26.3 Å². The van der Waals surface area contributed by atoms with Gasteiger partial charge < -0.3 is 15.8 Å². The van der Waals surface area contributed by atoms with E-state index in [9.17, 15) is 0 Å². The molecule has 0 spiro atoms. The van der Waals surface area contributed by atoms with Crippen molar-refractivity contribution in [2.24, 2.45) is 5.73 Å². The van der Waals surface area contributed by atoms with Gasteiger partial charge in [0.25, 0.3) is 0 Å². The van der Waals surface area contributed by atoms with Crippen LogP contribution in [-0.2, 0) is 4.74 Å². The second-order valence-electron chi connectivity index (χ2n) is 3.40. The molecule has 0 radical (unpaired) electrons. The van der Waals surface area contributed by atoms with Crippen LogP contribution in [0.3, 0.4) is 0 Å². The molecule has 3 heteroatoms. The van der Waals surface area contributed by atoms with Gasteiger partial charge in [-0.2, -0.15) is 0 Å². The van der Waals surface area contributed by atoms with Crippen LogP contribution < -0.4 is 11.1 Å². The number of hydrogen-bond acceptors (Lipinski definition) is 3. The molecule has 0 unspecified atom stereocenters. The van der Waals surface area contributed by atoms with E-state index in [1.54, 1.807) is 0 Å². The molecule has 0 fully saturated rings. The quantitative estimate of drug-likeness (QED) is 0.641. The predicted octanol–water partition coefficient (Wildman–Crippen LogP) is 1.85. The van der Waals surface area contributed by atoms with E-state index in [1.807, 2.05) is 18.2 Å². The molecule has 0 aliphatic carbocycles. The molecule has 0 bridgehead atoms. The highest BCUT2D eigenvalue weighted by atomic mass is 16.5. The molecule has 0 aliphatic rings. The monoisotopic (exact) mass is 208 g/mol. The van der Waals surface area contributed by atoms with Crippen LogP contribution >= 0.6 is 0 Å². The number of nitrogens with one attached hydrogen (secondary N) is 1. The Morgan fingerprint density at radius 1 is 1.07 bits per heavy atom. The van der Waals surface area contributed by atoms with Crippen molar-refractivity contribution in [2.75, 3.05) is 31.6 Å². The Bertz CT molecular complexity index is 239. The maximum absolute atomic E-state index is 5.44. The molecule has 0 amide bonds. The lowest BCUT2D eigenvalue weighted by atomic mass is 10.3. The first kappa shape index (κ1) is 12.0. The van der Waals surface area contributed by atoms with E-state index in [1.165, 1.54) is 0 Å². The molecule has 0 atom stereocenters. The van der Waals surface area contributed by atoms with Crippen LogP contribution in [0.2, 0.25) is 0 Å². The lowest BCUT2D eigenvalue weighted by Crippen LogP contribution is -2.10. The molecular weight excluding hydrogens is 188 g/mol. The fraction of sp³-hybridized carbons (Fsp3) is 0.500. The second-order valence-corrected chi connectivity index (χ2v) is 3.40. The number of rotatable bonds is 8. The Balaban J connectivity index is 1.93. The van der Waals surface area contributed by atoms with Crippen molar-refractivity contribution in [1.82, 2.24) is 0 Å². The third-order valence-electron chi connectivity index (χ3n) is 2.09. The smallest absolute Gasteiger partial charge is 0.0639 e. The summed E-state index contributed by atoms with van der Waals surface area (Å²) in [6.45, 7) is 3.17. The van der Waals surface area contributed by atoms with Crippen molar-refractivity contribution in [3.8, 4) is 0 Å². The lowest BCUT2D eigenvalue weighted by molar-refractivity contribution is 0.140. The molecule has 1 aromatic carbocycles. The van der Waals surface area contributed by atoms with E-state index < -0.39 is 0 Å². The van der Waals surface area contributed by atoms with Gasteiger partial charge in [0.05, 0.1) is 6.61 Å². The standard InChI is InChI=1S/C12H20N2O/c13-8-4-5-10-15-11-9-14-12-6-2-1-3-7-12/h1-3,6-7,14H,4-5,8-11,13H2. The first-order chi connectivity index (χ1) is 7.43. The van der Waals surface area contributed by atoms with Gasteiger partial charge in [0.1, 0.15) is 0 Å². The van der Waals surface area contributed by atoms with Gasteiger partial charge in [0.2, 0.25) is 0 Å². The van der Waals surface area contributed by atoms with Gasteiger partial charge in [-0.3, -0.25) is 0 Å². The van der Waals surface area contributed by atoms with E-state index in [-0.39, 0.29) is 0 Å². The summed E-state index contributed by atoms with van der Waals surface area (Å²) < 4.78 is 5.44. The molecule has 3 nitrogen and oxygen atoms in total. The van der Waals surface area contributed by atoms with Crippen LogP contribution in [0.1, 0.15) is 12.8 Å². The molecule has 0 saturated heterocycles. The number of hydrogen-bond donors (Lipinski definition) is 2. The maximum Gasteiger partial charge on any atom is 0.0639 e. The highest BCUT2D eigenvalue weighted by Crippen LogP contribution is 2.03. The minimum Gasteiger partial charge on any atom is -0.383 e. The summed E-state index contributed by atoms with van der Waals surface area (Å²) in [7, 11) is 0. The van der Waals surface area contributed by atoms with E-state index >= 15 is 0 Å². The van der Waals surface area contributed by atoms with Gasteiger partial charge in [-0.1, -0.05) is 18.2 Å². The van der Waals surface area contributed by atoms with Gasteiger partial charge in [-0.05, 0) is 31.5 Å². The highest BCUT2D eigenvalue weighted by molar-refractivity contribution is 5.42. The summed E-state index contributed by atoms with van der Waals surface area (Å²) in [5.41, 5.74) is 6.52. The summed E-state index contributed by atoms with van der Waals surface area (Å²) in [6, 6.07) is 10.1. The Labute approximate surface area is 91.6 Å². The van der Waals surface area contributed by atoms with Crippen molar-refractivity contribution in [2.45, 2.75) is 12.8 Å². The predicted molar refractivity (Wildman–Crippen MR) is 64.0 cm³/mol. The molecule has 1 aromatic rings. The average Bonchev–Trinajstić information content (AvgIpc) is 2.29. The molecule has 3 N–H and O–H groups in total. The van der Waals surface area contributed by atoms with Crippen molar-refractivity contribution in [3.63, 3.8) is 0 Å². The van der Waals surface area contributed by atoms with Crippen molar-refractivity contribution in [3.05, 3.63) is 30.3 Å². The Hall–Kier alpha value is -1.06. The number of ether oxygens (including phenoxy) is 1. The van der Waals surface area contributed by atoms with E-state index in [2.05, 4.69) is 17.4 Å². The number of nitrogens with two attached hydrogens (primary N) is 1. The van der Waals surface area contributed by atoms with Gasteiger partial charge in [0.15, 0.2) is 0 Å². The van der Waals surface area contributed by atoms with Crippen LogP contribution in [0.5, 0.6) is 0 Å². The zero-order valence-corrected chi connectivity index (χ0v) is 9.11. The van der Waals surface area contributed by atoms with Crippen LogP contribution in [0.15, 0.2) is 30.3 Å². The zero-order valence-electron chi connectivity index (χ0n) is 9.11. The summed E-state index contributed by atoms with van der Waals surface area (Å²) >= 11 is 0. The largest absolute Gasteiger partial charge is 0.383 e. The molecule has 0 heterocycles. The van der Waals surface area contributed by atoms with E-state index in [4.69, 9.17) is 10.5 Å². The number of unbranched alkanes of at least 4 members (excludes halogenated alkanes) is 1. The van der Waals surface area contributed by atoms with Crippen molar-refractivity contribution >= 4 is 5.69 Å². The lowest BCUT2D eigenvalue weighted by Gasteiger charge is -2.06. The molecule has 0 saturated carbocycles. The molecule has 1 rings (SSSR count). The fourth-order valence-corrected chi connectivity index (χ4v) is 1.27. The van der Waals surface area contributed by atoms with Crippen LogP contribution in [0.4, 0.5) is 5.69 Å². The minimum atomic E-state index is 0.749. The number of para-hydroxylation sites is 1. The molecule has 0 aliphatic heterocycles. The second kappa shape index (κ2) is 8.26. The Morgan fingerprint density at radius 3 is 2.60 bits per heavy atom. The van der Waals surface area contributed by atoms with Crippen molar-refractivity contribution < 1.29 is 4.74 Å². The Kier molecular flexibility index (Phi) is 6.62. The van der Waals surface area contributed by atoms with Gasteiger partial charge >= 0.3 is 0 Å².